The molecule has 8 heteroatoms. The van der Waals surface area contributed by atoms with Crippen molar-refractivity contribution < 1.29 is 17.7 Å². The Bertz CT molecular complexity index is 480. The zero-order chi connectivity index (χ0) is 13.9. The number of halogens is 1. The fourth-order valence-corrected chi connectivity index (χ4v) is 3.52. The van der Waals surface area contributed by atoms with E-state index in [1.165, 1.54) is 18.5 Å². The number of alkyl halides is 1. The van der Waals surface area contributed by atoms with Gasteiger partial charge in [-0.15, -0.1) is 11.6 Å². The van der Waals surface area contributed by atoms with Crippen molar-refractivity contribution in [1.82, 2.24) is 9.46 Å². The molecule has 0 bridgehead atoms. The smallest absolute Gasteiger partial charge is 0.248 e. The zero-order valence-electron chi connectivity index (χ0n) is 10.8. The number of hydrogen-bond donors (Lipinski definition) is 0. The second-order valence-electron chi connectivity index (χ2n) is 3.99. The third-order valence-corrected chi connectivity index (χ3v) is 4.77. The second kappa shape index (κ2) is 6.01. The van der Waals surface area contributed by atoms with E-state index < -0.39 is 15.4 Å². The number of aryl methyl sites for hydroxylation is 2. The summed E-state index contributed by atoms with van der Waals surface area (Å²) in [5.74, 6) is 0.275. The van der Waals surface area contributed by atoms with Crippen LogP contribution in [0, 0.1) is 13.8 Å². The van der Waals surface area contributed by atoms with Crippen LogP contribution in [0.3, 0.4) is 0 Å². The lowest BCUT2D eigenvalue weighted by molar-refractivity contribution is 0.192. The molecule has 0 aliphatic heterocycles. The van der Waals surface area contributed by atoms with Gasteiger partial charge in [0.1, 0.15) is 10.6 Å². The molecule has 0 aliphatic carbocycles. The standard InChI is InChI=1S/C10H17ClN2O4S/c1-7-10(8(2)17-12-7)18(14,15)13(3)5-9(11)6-16-4/h9H,5-6H2,1-4H3. The van der Waals surface area contributed by atoms with Crippen LogP contribution >= 0.6 is 11.6 Å². The van der Waals surface area contributed by atoms with Crippen LogP contribution in [-0.4, -0.2) is 50.6 Å². The number of ether oxygens (including phenoxy) is 1. The van der Waals surface area contributed by atoms with E-state index in [-0.39, 0.29) is 23.8 Å². The minimum absolute atomic E-state index is 0.103. The van der Waals surface area contributed by atoms with E-state index in [4.69, 9.17) is 20.9 Å². The monoisotopic (exact) mass is 296 g/mol. The first-order valence-electron chi connectivity index (χ1n) is 5.33. The van der Waals surface area contributed by atoms with Gasteiger partial charge in [-0.05, 0) is 13.8 Å². The average Bonchev–Trinajstić information content (AvgIpc) is 2.59. The highest BCUT2D eigenvalue weighted by atomic mass is 35.5. The maximum absolute atomic E-state index is 12.3. The first-order chi connectivity index (χ1) is 8.30. The fraction of sp³-hybridized carbons (Fsp3) is 0.700. The molecule has 18 heavy (non-hydrogen) atoms. The number of aromatic nitrogens is 1. The van der Waals surface area contributed by atoms with Crippen LogP contribution in [0.1, 0.15) is 11.5 Å². The summed E-state index contributed by atoms with van der Waals surface area (Å²) in [7, 11) is -0.657. The van der Waals surface area contributed by atoms with E-state index in [0.29, 0.717) is 5.69 Å². The Balaban J connectivity index is 2.94. The minimum atomic E-state index is -3.63. The van der Waals surface area contributed by atoms with Gasteiger partial charge in [-0.3, -0.25) is 0 Å². The van der Waals surface area contributed by atoms with Crippen molar-refractivity contribution >= 4 is 21.6 Å². The summed E-state index contributed by atoms with van der Waals surface area (Å²) in [5, 5.41) is 3.23. The lowest BCUT2D eigenvalue weighted by Gasteiger charge is -2.19. The molecule has 1 aromatic rings. The molecular formula is C10H17ClN2O4S. The van der Waals surface area contributed by atoms with Gasteiger partial charge in [0.25, 0.3) is 0 Å². The molecule has 0 spiro atoms. The van der Waals surface area contributed by atoms with Crippen molar-refractivity contribution in [2.75, 3.05) is 27.3 Å². The first-order valence-corrected chi connectivity index (χ1v) is 7.20. The fourth-order valence-electron chi connectivity index (χ4n) is 1.61. The van der Waals surface area contributed by atoms with Gasteiger partial charge in [0.2, 0.25) is 10.0 Å². The zero-order valence-corrected chi connectivity index (χ0v) is 12.4. The van der Waals surface area contributed by atoms with Crippen molar-refractivity contribution in [2.24, 2.45) is 0 Å². The van der Waals surface area contributed by atoms with E-state index in [0.717, 1.165) is 0 Å². The molecule has 0 amide bonds. The predicted octanol–water partition coefficient (Wildman–Crippen LogP) is 1.17. The van der Waals surface area contributed by atoms with E-state index in [1.807, 2.05) is 0 Å². The van der Waals surface area contributed by atoms with Crippen LogP contribution in [0.5, 0.6) is 0 Å². The van der Waals surface area contributed by atoms with Crippen molar-refractivity contribution in [3.05, 3.63) is 11.5 Å². The van der Waals surface area contributed by atoms with Gasteiger partial charge in [0, 0.05) is 20.7 Å². The molecule has 0 aromatic carbocycles. The minimum Gasteiger partial charge on any atom is -0.383 e. The van der Waals surface area contributed by atoms with Crippen LogP contribution in [0.2, 0.25) is 0 Å². The summed E-state index contributed by atoms with van der Waals surface area (Å²) < 4.78 is 35.5. The average molecular weight is 297 g/mol. The lowest BCUT2D eigenvalue weighted by atomic mass is 10.4. The predicted molar refractivity (Wildman–Crippen MR) is 67.3 cm³/mol. The third kappa shape index (κ3) is 3.23. The first kappa shape index (κ1) is 15.4. The molecule has 1 atom stereocenters. The normalized spacial score (nSPS) is 14.1. The van der Waals surface area contributed by atoms with Crippen LogP contribution in [0.4, 0.5) is 0 Å². The summed E-state index contributed by atoms with van der Waals surface area (Å²) in [5.41, 5.74) is 0.345. The highest BCUT2D eigenvalue weighted by Gasteiger charge is 2.29. The molecule has 0 saturated heterocycles. The van der Waals surface area contributed by atoms with Gasteiger partial charge in [-0.1, -0.05) is 5.16 Å². The largest absolute Gasteiger partial charge is 0.383 e. The topological polar surface area (TPSA) is 72.6 Å². The molecule has 1 unspecified atom stereocenters. The molecule has 0 N–H and O–H groups in total. The van der Waals surface area contributed by atoms with Crippen molar-refractivity contribution in [3.63, 3.8) is 0 Å². The number of nitrogens with zero attached hydrogens (tertiary/aromatic N) is 2. The van der Waals surface area contributed by atoms with E-state index in [9.17, 15) is 8.42 Å². The summed E-state index contributed by atoms with van der Waals surface area (Å²) in [6, 6.07) is 0. The van der Waals surface area contributed by atoms with Crippen molar-refractivity contribution in [1.29, 1.82) is 0 Å². The SMILES string of the molecule is COCC(Cl)CN(C)S(=O)(=O)c1c(C)noc1C. The van der Waals surface area contributed by atoms with Gasteiger partial charge in [-0.25, -0.2) is 8.42 Å². The number of hydrogen-bond acceptors (Lipinski definition) is 5. The molecule has 1 heterocycles. The number of methoxy groups -OCH3 is 1. The van der Waals surface area contributed by atoms with Crippen LogP contribution in [0.25, 0.3) is 0 Å². The van der Waals surface area contributed by atoms with Gasteiger partial charge < -0.3 is 9.26 Å². The number of sulfonamides is 1. The molecule has 1 rings (SSSR count). The Morgan fingerprint density at radius 2 is 2.11 bits per heavy atom. The molecular weight excluding hydrogens is 280 g/mol. The van der Waals surface area contributed by atoms with Crippen LogP contribution in [0.15, 0.2) is 9.42 Å². The number of rotatable bonds is 6. The van der Waals surface area contributed by atoms with Gasteiger partial charge in [-0.2, -0.15) is 4.31 Å². The Morgan fingerprint density at radius 3 is 2.56 bits per heavy atom. The molecule has 0 fully saturated rings. The second-order valence-corrected chi connectivity index (χ2v) is 6.59. The third-order valence-electron chi connectivity index (χ3n) is 2.44. The van der Waals surface area contributed by atoms with E-state index in [1.54, 1.807) is 13.8 Å². The maximum Gasteiger partial charge on any atom is 0.248 e. The Hall–Kier alpha value is -0.630. The van der Waals surface area contributed by atoms with Gasteiger partial charge in [0.05, 0.1) is 12.0 Å². The molecule has 0 saturated carbocycles. The summed E-state index contributed by atoms with van der Waals surface area (Å²) in [6.45, 7) is 3.59. The molecule has 0 aliphatic rings. The molecule has 6 nitrogen and oxygen atoms in total. The van der Waals surface area contributed by atoms with Crippen molar-refractivity contribution in [3.8, 4) is 0 Å². The quantitative estimate of drug-likeness (QED) is 0.737. The summed E-state index contributed by atoms with van der Waals surface area (Å²) in [4.78, 5) is 0.103. The highest BCUT2D eigenvalue weighted by molar-refractivity contribution is 7.89. The van der Waals surface area contributed by atoms with E-state index >= 15 is 0 Å². The Kier molecular flexibility index (Phi) is 5.15. The van der Waals surface area contributed by atoms with Crippen molar-refractivity contribution in [2.45, 2.75) is 24.1 Å². The van der Waals surface area contributed by atoms with Gasteiger partial charge >= 0.3 is 0 Å². The van der Waals surface area contributed by atoms with Gasteiger partial charge in [0.15, 0.2) is 5.76 Å². The maximum atomic E-state index is 12.3. The molecule has 0 radical (unpaired) electrons. The summed E-state index contributed by atoms with van der Waals surface area (Å²) in [6.07, 6.45) is 0. The highest BCUT2D eigenvalue weighted by Crippen LogP contribution is 2.22. The van der Waals surface area contributed by atoms with Crippen LogP contribution in [-0.2, 0) is 14.8 Å². The Labute approximate surface area is 112 Å². The Morgan fingerprint density at radius 1 is 1.50 bits per heavy atom. The summed E-state index contributed by atoms with van der Waals surface area (Å²) >= 11 is 5.95. The van der Waals surface area contributed by atoms with Crippen LogP contribution < -0.4 is 0 Å². The molecule has 1 aromatic heterocycles. The molecule has 104 valence electrons. The van der Waals surface area contributed by atoms with E-state index in [2.05, 4.69) is 5.16 Å². The lowest BCUT2D eigenvalue weighted by Crippen LogP contribution is -2.34.